The molecule has 0 amide bonds. The molecule has 0 atom stereocenters. The SMILES string of the molecule is COc1ccc(C(=O)Oc2ccc(C)cc2)cc1F. The Balaban J connectivity index is 2.16. The zero-order valence-electron chi connectivity index (χ0n) is 10.6. The van der Waals surface area contributed by atoms with Crippen molar-refractivity contribution in [1.82, 2.24) is 0 Å². The van der Waals surface area contributed by atoms with Gasteiger partial charge in [-0.1, -0.05) is 17.7 Å². The first kappa shape index (κ1) is 13.1. The lowest BCUT2D eigenvalue weighted by Crippen LogP contribution is -2.09. The van der Waals surface area contributed by atoms with Crippen LogP contribution in [0, 0.1) is 12.7 Å². The highest BCUT2D eigenvalue weighted by Crippen LogP contribution is 2.19. The summed E-state index contributed by atoms with van der Waals surface area (Å²) in [4.78, 5) is 11.8. The Morgan fingerprint density at radius 2 is 1.79 bits per heavy atom. The van der Waals surface area contributed by atoms with Crippen molar-refractivity contribution in [2.45, 2.75) is 6.92 Å². The van der Waals surface area contributed by atoms with E-state index in [1.54, 1.807) is 12.1 Å². The zero-order chi connectivity index (χ0) is 13.8. The Labute approximate surface area is 110 Å². The standard InChI is InChI=1S/C15H13FO3/c1-10-3-6-12(7-4-10)19-15(17)11-5-8-14(18-2)13(16)9-11/h3-9H,1-2H3. The van der Waals surface area contributed by atoms with E-state index in [-0.39, 0.29) is 11.3 Å². The smallest absolute Gasteiger partial charge is 0.343 e. The van der Waals surface area contributed by atoms with E-state index in [1.807, 2.05) is 19.1 Å². The van der Waals surface area contributed by atoms with Crippen LogP contribution in [0.25, 0.3) is 0 Å². The van der Waals surface area contributed by atoms with Gasteiger partial charge in [0.05, 0.1) is 12.7 Å². The van der Waals surface area contributed by atoms with Crippen LogP contribution in [-0.4, -0.2) is 13.1 Å². The van der Waals surface area contributed by atoms with Gasteiger partial charge < -0.3 is 9.47 Å². The Morgan fingerprint density at radius 1 is 1.11 bits per heavy atom. The number of hydrogen-bond acceptors (Lipinski definition) is 3. The summed E-state index contributed by atoms with van der Waals surface area (Å²) in [6, 6.07) is 11.0. The van der Waals surface area contributed by atoms with Gasteiger partial charge in [-0.05, 0) is 37.3 Å². The summed E-state index contributed by atoms with van der Waals surface area (Å²) in [5.74, 6) is -0.690. The number of hydrogen-bond donors (Lipinski definition) is 0. The lowest BCUT2D eigenvalue weighted by Gasteiger charge is -2.06. The molecule has 0 fully saturated rings. The van der Waals surface area contributed by atoms with Crippen LogP contribution in [-0.2, 0) is 0 Å². The van der Waals surface area contributed by atoms with Crippen LogP contribution in [0.15, 0.2) is 42.5 Å². The summed E-state index contributed by atoms with van der Waals surface area (Å²) in [6.07, 6.45) is 0. The highest BCUT2D eigenvalue weighted by atomic mass is 19.1. The van der Waals surface area contributed by atoms with E-state index in [2.05, 4.69) is 0 Å². The van der Waals surface area contributed by atoms with E-state index in [9.17, 15) is 9.18 Å². The number of carbonyl (C=O) groups is 1. The maximum atomic E-state index is 13.5. The number of ether oxygens (including phenoxy) is 2. The van der Waals surface area contributed by atoms with Gasteiger partial charge in [0.25, 0.3) is 0 Å². The van der Waals surface area contributed by atoms with Gasteiger partial charge in [-0.25, -0.2) is 9.18 Å². The van der Waals surface area contributed by atoms with Crippen molar-refractivity contribution in [3.63, 3.8) is 0 Å². The normalized spacial score (nSPS) is 10.1. The minimum Gasteiger partial charge on any atom is -0.494 e. The van der Waals surface area contributed by atoms with Gasteiger partial charge in [0.1, 0.15) is 5.75 Å². The molecule has 2 aromatic rings. The molecule has 2 rings (SSSR count). The highest BCUT2D eigenvalue weighted by Gasteiger charge is 2.12. The van der Waals surface area contributed by atoms with Crippen LogP contribution in [0.2, 0.25) is 0 Å². The van der Waals surface area contributed by atoms with Crippen molar-refractivity contribution in [1.29, 1.82) is 0 Å². The number of methoxy groups -OCH3 is 1. The first-order chi connectivity index (χ1) is 9.10. The van der Waals surface area contributed by atoms with Gasteiger partial charge in [-0.15, -0.1) is 0 Å². The van der Waals surface area contributed by atoms with Crippen LogP contribution in [0.4, 0.5) is 4.39 Å². The molecule has 19 heavy (non-hydrogen) atoms. The van der Waals surface area contributed by atoms with Crippen LogP contribution in [0.3, 0.4) is 0 Å². The molecule has 4 heteroatoms. The monoisotopic (exact) mass is 260 g/mol. The van der Waals surface area contributed by atoms with E-state index in [4.69, 9.17) is 9.47 Å². The minimum absolute atomic E-state index is 0.0897. The lowest BCUT2D eigenvalue weighted by molar-refractivity contribution is 0.0734. The molecule has 0 aliphatic rings. The number of carbonyl (C=O) groups excluding carboxylic acids is 1. The molecule has 0 aliphatic carbocycles. The molecule has 3 nitrogen and oxygen atoms in total. The second-order valence-electron chi connectivity index (χ2n) is 4.05. The maximum Gasteiger partial charge on any atom is 0.343 e. The number of benzene rings is 2. The molecule has 0 spiro atoms. The molecule has 0 saturated heterocycles. The van der Waals surface area contributed by atoms with Crippen molar-refractivity contribution < 1.29 is 18.7 Å². The molecule has 0 unspecified atom stereocenters. The summed E-state index contributed by atoms with van der Waals surface area (Å²) in [5, 5.41) is 0. The topological polar surface area (TPSA) is 35.5 Å². The summed E-state index contributed by atoms with van der Waals surface area (Å²) >= 11 is 0. The average molecular weight is 260 g/mol. The molecule has 0 radical (unpaired) electrons. The highest BCUT2D eigenvalue weighted by molar-refractivity contribution is 5.91. The van der Waals surface area contributed by atoms with Crippen molar-refractivity contribution in [2.24, 2.45) is 0 Å². The largest absolute Gasteiger partial charge is 0.494 e. The van der Waals surface area contributed by atoms with Crippen LogP contribution in [0.1, 0.15) is 15.9 Å². The molecular formula is C15H13FO3. The summed E-state index contributed by atoms with van der Waals surface area (Å²) in [6.45, 7) is 1.93. The van der Waals surface area contributed by atoms with Gasteiger partial charge in [0.2, 0.25) is 0 Å². The average Bonchev–Trinajstić information content (AvgIpc) is 2.41. The van der Waals surface area contributed by atoms with E-state index in [0.29, 0.717) is 5.75 Å². The Kier molecular flexibility index (Phi) is 3.80. The van der Waals surface area contributed by atoms with Crippen molar-refractivity contribution in [3.05, 3.63) is 59.4 Å². The van der Waals surface area contributed by atoms with Gasteiger partial charge >= 0.3 is 5.97 Å². The molecule has 0 bridgehead atoms. The third-order valence-corrected chi connectivity index (χ3v) is 2.62. The van der Waals surface area contributed by atoms with Crippen LogP contribution < -0.4 is 9.47 Å². The predicted molar refractivity (Wildman–Crippen MR) is 69.1 cm³/mol. The molecule has 2 aromatic carbocycles. The van der Waals surface area contributed by atoms with Gasteiger partial charge in [0.15, 0.2) is 11.6 Å². The second-order valence-corrected chi connectivity index (χ2v) is 4.05. The van der Waals surface area contributed by atoms with Gasteiger partial charge in [-0.3, -0.25) is 0 Å². The number of aryl methyl sites for hydroxylation is 1. The fourth-order valence-corrected chi connectivity index (χ4v) is 1.57. The quantitative estimate of drug-likeness (QED) is 0.627. The summed E-state index contributed by atoms with van der Waals surface area (Å²) in [7, 11) is 1.36. The number of rotatable bonds is 3. The van der Waals surface area contributed by atoms with Crippen molar-refractivity contribution in [3.8, 4) is 11.5 Å². The Bertz CT molecular complexity index is 591. The summed E-state index contributed by atoms with van der Waals surface area (Å²) in [5.41, 5.74) is 1.20. The number of halogens is 1. The van der Waals surface area contributed by atoms with E-state index in [1.165, 1.54) is 19.2 Å². The van der Waals surface area contributed by atoms with E-state index in [0.717, 1.165) is 11.6 Å². The molecule has 0 aromatic heterocycles. The van der Waals surface area contributed by atoms with Crippen LogP contribution in [0.5, 0.6) is 11.5 Å². The van der Waals surface area contributed by atoms with Crippen LogP contribution >= 0.6 is 0 Å². The number of esters is 1. The zero-order valence-corrected chi connectivity index (χ0v) is 10.6. The minimum atomic E-state index is -0.606. The molecule has 98 valence electrons. The maximum absolute atomic E-state index is 13.5. The third-order valence-electron chi connectivity index (χ3n) is 2.62. The second kappa shape index (κ2) is 5.52. The van der Waals surface area contributed by atoms with Gasteiger partial charge in [-0.2, -0.15) is 0 Å². The molecule has 0 aliphatic heterocycles. The first-order valence-corrected chi connectivity index (χ1v) is 5.72. The first-order valence-electron chi connectivity index (χ1n) is 5.72. The fourth-order valence-electron chi connectivity index (χ4n) is 1.57. The fraction of sp³-hybridized carbons (Fsp3) is 0.133. The van der Waals surface area contributed by atoms with Gasteiger partial charge in [0, 0.05) is 0 Å². The summed E-state index contributed by atoms with van der Waals surface area (Å²) < 4.78 is 23.4. The molecule has 0 heterocycles. The van der Waals surface area contributed by atoms with E-state index < -0.39 is 11.8 Å². The Morgan fingerprint density at radius 3 is 2.37 bits per heavy atom. The Hall–Kier alpha value is -2.36. The third kappa shape index (κ3) is 3.10. The molecule has 0 N–H and O–H groups in total. The molecular weight excluding hydrogens is 247 g/mol. The van der Waals surface area contributed by atoms with Crippen molar-refractivity contribution in [2.75, 3.05) is 7.11 Å². The molecule has 0 saturated carbocycles. The van der Waals surface area contributed by atoms with Crippen molar-refractivity contribution >= 4 is 5.97 Å². The van der Waals surface area contributed by atoms with E-state index >= 15 is 0 Å². The predicted octanol–water partition coefficient (Wildman–Crippen LogP) is 3.36. The lowest BCUT2D eigenvalue weighted by atomic mass is 10.2.